The number of hydrogen-bond acceptors (Lipinski definition) is 0. The smallest absolute Gasteiger partial charge is 0.0725 e. The van der Waals surface area contributed by atoms with Gasteiger partial charge in [-0.1, -0.05) is 340 Å². The van der Waals surface area contributed by atoms with Crippen LogP contribution in [-0.4, -0.2) is 9.13 Å². The first-order chi connectivity index (χ1) is 55.5. The Morgan fingerprint density at radius 2 is 0.446 bits per heavy atom. The van der Waals surface area contributed by atoms with Gasteiger partial charge >= 0.3 is 0 Å². The fourth-order valence-corrected chi connectivity index (χ4v) is 20.5. The predicted molar refractivity (Wildman–Crippen MR) is 470 cm³/mol. The van der Waals surface area contributed by atoms with Crippen LogP contribution in [0.2, 0.25) is 0 Å². The first-order valence-electron chi connectivity index (χ1n) is 39.1. The Labute approximate surface area is 649 Å². The number of rotatable bonds is 9. The summed E-state index contributed by atoms with van der Waals surface area (Å²) < 4.78 is 4.87. The van der Waals surface area contributed by atoms with Crippen LogP contribution in [0.3, 0.4) is 0 Å². The van der Waals surface area contributed by atoms with Crippen molar-refractivity contribution in [3.8, 4) is 89.3 Å². The maximum atomic E-state index is 2.56. The Morgan fingerprint density at radius 1 is 0.170 bits per heavy atom. The van der Waals surface area contributed by atoms with Crippen LogP contribution < -0.4 is 0 Å². The third-order valence-corrected chi connectivity index (χ3v) is 25.3. The van der Waals surface area contributed by atoms with Crippen LogP contribution in [0, 0.1) is 0 Å². The molecule has 20 aromatic rings. The first kappa shape index (κ1) is 62.6. The molecule has 0 unspecified atom stereocenters. The number of fused-ring (bicyclic) bond motifs is 28. The molecule has 2 nitrogen and oxygen atoms in total. The van der Waals surface area contributed by atoms with Crippen LogP contribution in [-0.2, 0) is 10.8 Å². The highest BCUT2D eigenvalue weighted by atomic mass is 15.0. The van der Waals surface area contributed by atoms with E-state index in [1.54, 1.807) is 0 Å². The van der Waals surface area contributed by atoms with Gasteiger partial charge in [0.1, 0.15) is 0 Å². The van der Waals surface area contributed by atoms with Crippen LogP contribution in [0.15, 0.2) is 388 Å². The van der Waals surface area contributed by atoms with E-state index >= 15 is 0 Å². The van der Waals surface area contributed by atoms with E-state index in [4.69, 9.17) is 0 Å². The second kappa shape index (κ2) is 24.0. The van der Waals surface area contributed by atoms with E-state index in [1.165, 1.54) is 210 Å². The summed E-state index contributed by atoms with van der Waals surface area (Å²) in [6.45, 7) is 0. The van der Waals surface area contributed by atoms with Gasteiger partial charge in [-0.15, -0.1) is 0 Å². The highest BCUT2D eigenvalue weighted by Crippen LogP contribution is 2.66. The van der Waals surface area contributed by atoms with E-state index in [1.807, 2.05) is 0 Å². The van der Waals surface area contributed by atoms with Crippen molar-refractivity contribution in [1.82, 2.24) is 9.13 Å². The average molecular weight is 1420 g/mol. The quantitative estimate of drug-likeness (QED) is 0.128. The van der Waals surface area contributed by atoms with Crippen molar-refractivity contribution in [3.05, 3.63) is 455 Å². The van der Waals surface area contributed by atoms with Crippen molar-refractivity contribution < 1.29 is 0 Å². The lowest BCUT2D eigenvalue weighted by atomic mass is 9.69. The van der Waals surface area contributed by atoms with Crippen molar-refractivity contribution in [3.63, 3.8) is 0 Å². The summed E-state index contributed by atoms with van der Waals surface area (Å²) in [5, 5.41) is 9.96. The molecular weight excluding hydrogens is 1350 g/mol. The minimum Gasteiger partial charge on any atom is -0.309 e. The van der Waals surface area contributed by atoms with Gasteiger partial charge in [0, 0.05) is 32.3 Å². The SMILES string of the molecule is C(=Cc1ccc2c(c1)C1(c3ccccc3-c3ccccc31)c1cc(-c3ccc4c(c3)C3(c5ccccc5-c5ccccc53)c3cc(C=Cc5ccc(-c6ccc7c(c6)c6ccccc6n7-c6cccc7ccccc67)cc5)ccc3-4)ccc1-2)c1ccc(-c2ccc3c(c2)c2ccccc2n3-c2cccc3ccccc23)cc1. The minimum atomic E-state index is -0.552. The fraction of sp³-hybridized carbons (Fsp3) is 0.0182. The standard InChI is InChI=1S/C110H68N2/c1-3-23-81-75(19-1)21-17-37-103(81)111-105-35-15-9-29-91(105)93-65-77(55-61-107(93)111)73-49-43-69(44-50-73)39-41-71-47-57-87-89-59-53-79(67-101(89)109(99(87)63-71)95-31-11-5-25-83(95)84-26-6-12-32-96(84)109)80-54-60-90-88-58-48-72(64-100(88)110(102(90)68-80)97-33-13-7-27-85(97)86-28-8-14-34-98(86)110)42-40-70-45-51-74(52-46-70)78-56-62-108-94(66-78)92-30-10-16-36-106(92)112(108)104-38-18-22-76-20-2-4-24-82(76)104/h1-68H. The third-order valence-electron chi connectivity index (χ3n) is 25.3. The summed E-state index contributed by atoms with van der Waals surface area (Å²) in [7, 11) is 0. The van der Waals surface area contributed by atoms with E-state index in [9.17, 15) is 0 Å². The topological polar surface area (TPSA) is 9.86 Å². The molecule has 0 saturated heterocycles. The molecule has 4 aliphatic rings. The normalized spacial score (nSPS) is 13.6. The van der Waals surface area contributed by atoms with Crippen molar-refractivity contribution in [2.24, 2.45) is 0 Å². The van der Waals surface area contributed by atoms with Gasteiger partial charge in [0.05, 0.1) is 44.3 Å². The van der Waals surface area contributed by atoms with Gasteiger partial charge in [0.15, 0.2) is 0 Å². The zero-order valence-electron chi connectivity index (χ0n) is 61.2. The molecule has 18 aromatic carbocycles. The summed E-state index contributed by atoms with van der Waals surface area (Å²) in [4.78, 5) is 0. The lowest BCUT2D eigenvalue weighted by Crippen LogP contribution is -2.26. The highest BCUT2D eigenvalue weighted by molar-refractivity contribution is 6.14. The number of benzene rings is 18. The van der Waals surface area contributed by atoms with Crippen molar-refractivity contribution in [2.45, 2.75) is 10.8 Å². The maximum Gasteiger partial charge on any atom is 0.0725 e. The number of para-hydroxylation sites is 2. The van der Waals surface area contributed by atoms with Gasteiger partial charge in [-0.25, -0.2) is 0 Å². The monoisotopic (exact) mass is 1420 g/mol. The molecule has 112 heavy (non-hydrogen) atoms. The second-order valence-electron chi connectivity index (χ2n) is 30.9. The summed E-state index contributed by atoms with van der Waals surface area (Å²) in [5.41, 5.74) is 38.9. The minimum absolute atomic E-state index is 0.552. The molecule has 2 spiro atoms. The Hall–Kier alpha value is -14.4. The summed E-state index contributed by atoms with van der Waals surface area (Å²) in [5.74, 6) is 0. The Bertz CT molecular complexity index is 6950. The zero-order chi connectivity index (χ0) is 73.3. The van der Waals surface area contributed by atoms with Gasteiger partial charge < -0.3 is 9.13 Å². The van der Waals surface area contributed by atoms with Gasteiger partial charge in [0.25, 0.3) is 0 Å². The molecule has 0 radical (unpaired) electrons. The summed E-state index contributed by atoms with van der Waals surface area (Å²) in [6.07, 6.45) is 9.18. The highest BCUT2D eigenvalue weighted by Gasteiger charge is 2.54. The Balaban J connectivity index is 0.567. The Kier molecular flexibility index (Phi) is 13.4. The largest absolute Gasteiger partial charge is 0.309 e. The van der Waals surface area contributed by atoms with Crippen molar-refractivity contribution in [1.29, 1.82) is 0 Å². The van der Waals surface area contributed by atoms with Crippen LogP contribution in [0.25, 0.3) is 179 Å². The third kappa shape index (κ3) is 8.92. The average Bonchev–Trinajstić information content (AvgIpc) is 1.51. The van der Waals surface area contributed by atoms with E-state index in [2.05, 4.69) is 422 Å². The van der Waals surface area contributed by atoms with E-state index < -0.39 is 10.8 Å². The van der Waals surface area contributed by atoms with Crippen molar-refractivity contribution >= 4 is 89.5 Å². The van der Waals surface area contributed by atoms with E-state index in [-0.39, 0.29) is 0 Å². The van der Waals surface area contributed by atoms with Crippen LogP contribution in [0.1, 0.15) is 66.8 Å². The second-order valence-corrected chi connectivity index (χ2v) is 30.9. The lowest BCUT2D eigenvalue weighted by Gasteiger charge is -2.31. The molecule has 0 amide bonds. The van der Waals surface area contributed by atoms with Gasteiger partial charge in [-0.3, -0.25) is 0 Å². The number of hydrogen-bond donors (Lipinski definition) is 0. The van der Waals surface area contributed by atoms with E-state index in [0.717, 1.165) is 11.1 Å². The van der Waals surface area contributed by atoms with Crippen LogP contribution in [0.4, 0.5) is 0 Å². The number of nitrogens with zero attached hydrogens (tertiary/aromatic N) is 2. The molecule has 0 atom stereocenters. The lowest BCUT2D eigenvalue weighted by molar-refractivity contribution is 0.792. The molecule has 4 aliphatic carbocycles. The molecule has 2 aromatic heterocycles. The Morgan fingerprint density at radius 3 is 0.857 bits per heavy atom. The summed E-state index contributed by atoms with van der Waals surface area (Å²) in [6, 6.07) is 146. The van der Waals surface area contributed by atoms with Crippen LogP contribution in [0.5, 0.6) is 0 Å². The molecule has 24 rings (SSSR count). The molecule has 0 bridgehead atoms. The molecule has 0 saturated carbocycles. The van der Waals surface area contributed by atoms with Gasteiger partial charge in [-0.2, -0.15) is 0 Å². The zero-order valence-corrected chi connectivity index (χ0v) is 61.2. The molecule has 0 aliphatic heterocycles. The van der Waals surface area contributed by atoms with Gasteiger partial charge in [0.2, 0.25) is 0 Å². The van der Waals surface area contributed by atoms with Crippen molar-refractivity contribution in [2.75, 3.05) is 0 Å². The predicted octanol–water partition coefficient (Wildman–Crippen LogP) is 28.2. The summed E-state index contributed by atoms with van der Waals surface area (Å²) >= 11 is 0. The molecule has 2 heterocycles. The fourth-order valence-electron chi connectivity index (χ4n) is 20.5. The molecule has 2 heteroatoms. The first-order valence-corrected chi connectivity index (χ1v) is 39.1. The molecule has 518 valence electrons. The molecule has 0 N–H and O–H groups in total. The van der Waals surface area contributed by atoms with Crippen LogP contribution >= 0.6 is 0 Å². The molecule has 0 fully saturated rings. The van der Waals surface area contributed by atoms with E-state index in [0.29, 0.717) is 0 Å². The molecular formula is C110H68N2. The maximum absolute atomic E-state index is 2.56. The van der Waals surface area contributed by atoms with Gasteiger partial charge in [-0.05, 0) is 228 Å². The number of aromatic nitrogens is 2.